The van der Waals surface area contributed by atoms with Crippen molar-refractivity contribution in [3.05, 3.63) is 86.8 Å². The number of rotatable bonds is 9. The molecule has 0 radical (unpaired) electrons. The number of nitrogens with zero attached hydrogens (tertiary/aromatic N) is 2. The first-order valence-electron chi connectivity index (χ1n) is 11.3. The van der Waals surface area contributed by atoms with E-state index in [1.165, 1.54) is 40.7 Å². The highest BCUT2D eigenvalue weighted by Gasteiger charge is 2.30. The van der Waals surface area contributed by atoms with Crippen LogP contribution in [0.25, 0.3) is 0 Å². The van der Waals surface area contributed by atoms with Crippen LogP contribution in [0.15, 0.2) is 64.9 Å². The van der Waals surface area contributed by atoms with Crippen LogP contribution in [0.4, 0.5) is 11.4 Å². The molecule has 3 aromatic rings. The third kappa shape index (κ3) is 6.31. The average Bonchev–Trinajstić information content (AvgIpc) is 3.38. The van der Waals surface area contributed by atoms with Crippen LogP contribution in [0, 0.1) is 10.1 Å². The van der Waals surface area contributed by atoms with Crippen LogP contribution in [0.1, 0.15) is 38.4 Å². The summed E-state index contributed by atoms with van der Waals surface area (Å²) in [6, 6.07) is 15.0. The number of anilines is 1. The maximum absolute atomic E-state index is 13.1. The first-order valence-corrected chi connectivity index (χ1v) is 13.6. The van der Waals surface area contributed by atoms with Gasteiger partial charge < -0.3 is 15.7 Å². The predicted octanol–water partition coefficient (Wildman–Crippen LogP) is 3.55. The molecule has 1 fully saturated rings. The zero-order valence-corrected chi connectivity index (χ0v) is 21.1. The number of amides is 1. The number of aromatic carboxylic acids is 1. The molecule has 194 valence electrons. The quantitative estimate of drug-likeness (QED) is 0.272. The number of benzene rings is 2. The van der Waals surface area contributed by atoms with Crippen molar-refractivity contribution >= 4 is 44.6 Å². The molecule has 4 rings (SSSR count). The number of carbonyl (C=O) groups excluding carboxylic acids is 1. The lowest BCUT2D eigenvalue weighted by Gasteiger charge is -2.31. The molecule has 1 aromatic heterocycles. The zero-order valence-electron chi connectivity index (χ0n) is 19.5. The molecule has 11 nitrogen and oxygen atoms in total. The highest BCUT2D eigenvalue weighted by molar-refractivity contribution is 7.91. The van der Waals surface area contributed by atoms with Gasteiger partial charge in [0.1, 0.15) is 4.21 Å². The molecule has 0 saturated carbocycles. The fourth-order valence-corrected chi connectivity index (χ4v) is 6.89. The van der Waals surface area contributed by atoms with Crippen molar-refractivity contribution in [1.29, 1.82) is 0 Å². The number of sulfonamides is 1. The smallest absolute Gasteiger partial charge is 0.335 e. The number of piperidine rings is 1. The lowest BCUT2D eigenvalue weighted by molar-refractivity contribution is -0.384. The summed E-state index contributed by atoms with van der Waals surface area (Å²) in [6.07, 6.45) is 1.13. The summed E-state index contributed by atoms with van der Waals surface area (Å²) in [5.74, 6) is -1.51. The third-order valence-electron chi connectivity index (χ3n) is 5.91. The molecule has 2 heterocycles. The molecule has 0 aliphatic carbocycles. The highest BCUT2D eigenvalue weighted by atomic mass is 32.2. The summed E-state index contributed by atoms with van der Waals surface area (Å²) in [5, 5.41) is 26.0. The van der Waals surface area contributed by atoms with Gasteiger partial charge in [-0.15, -0.1) is 11.3 Å². The first-order chi connectivity index (χ1) is 17.6. The molecule has 0 atom stereocenters. The Bertz CT molecular complexity index is 1430. The van der Waals surface area contributed by atoms with Gasteiger partial charge in [0.25, 0.3) is 21.6 Å². The number of nitro benzene ring substituents is 1. The lowest BCUT2D eigenvalue weighted by atomic mass is 10.1. The van der Waals surface area contributed by atoms with Crippen LogP contribution in [0.3, 0.4) is 0 Å². The Kier molecular flexibility index (Phi) is 7.86. The van der Waals surface area contributed by atoms with Gasteiger partial charge in [0.15, 0.2) is 0 Å². The second-order valence-electron chi connectivity index (χ2n) is 8.42. The summed E-state index contributed by atoms with van der Waals surface area (Å²) in [5.41, 5.74) is 0.811. The number of hydrogen-bond acceptors (Lipinski definition) is 8. The molecular weight excluding hydrogens is 520 g/mol. The summed E-state index contributed by atoms with van der Waals surface area (Å²) in [4.78, 5) is 34.5. The van der Waals surface area contributed by atoms with Gasteiger partial charge in [0, 0.05) is 47.4 Å². The molecule has 1 aliphatic rings. The summed E-state index contributed by atoms with van der Waals surface area (Å²) in [7, 11) is -3.70. The number of nitrogens with one attached hydrogen (secondary N) is 2. The highest BCUT2D eigenvalue weighted by Crippen LogP contribution is 2.28. The SMILES string of the molecule is O=C(O)c1cccc(NC2CCN(S(=O)(=O)c3ccc(CNC(=O)c4cccc([N+](=O)[O-])c4)s3)CC2)c1. The molecule has 3 N–H and O–H groups in total. The Morgan fingerprint density at radius 1 is 1.05 bits per heavy atom. The molecule has 0 spiro atoms. The zero-order chi connectivity index (χ0) is 26.6. The Balaban J connectivity index is 1.32. The molecule has 2 aromatic carbocycles. The molecule has 1 saturated heterocycles. The number of thiophene rings is 1. The molecular formula is C24H24N4O7S2. The minimum atomic E-state index is -3.70. The lowest BCUT2D eigenvalue weighted by Crippen LogP contribution is -2.42. The van der Waals surface area contributed by atoms with Crippen LogP contribution in [0.2, 0.25) is 0 Å². The first kappa shape index (κ1) is 26.3. The molecule has 13 heteroatoms. The normalized spacial score (nSPS) is 14.7. The number of carbonyl (C=O) groups is 2. The molecule has 1 amide bonds. The van der Waals surface area contributed by atoms with E-state index in [9.17, 15) is 28.1 Å². The fourth-order valence-electron chi connectivity index (χ4n) is 3.97. The number of nitro groups is 1. The topological polar surface area (TPSA) is 159 Å². The number of carboxylic acids is 1. The number of hydrogen-bond donors (Lipinski definition) is 3. The van der Waals surface area contributed by atoms with Gasteiger partial charge in [-0.25, -0.2) is 13.2 Å². The second kappa shape index (κ2) is 11.1. The minimum absolute atomic E-state index is 0.0124. The van der Waals surface area contributed by atoms with E-state index in [2.05, 4.69) is 10.6 Å². The van der Waals surface area contributed by atoms with Crippen LogP contribution in [-0.2, 0) is 16.6 Å². The van der Waals surface area contributed by atoms with Crippen molar-refractivity contribution < 1.29 is 28.0 Å². The van der Waals surface area contributed by atoms with Crippen molar-refractivity contribution in [2.24, 2.45) is 0 Å². The Morgan fingerprint density at radius 2 is 1.76 bits per heavy atom. The average molecular weight is 545 g/mol. The maximum Gasteiger partial charge on any atom is 0.335 e. The summed E-state index contributed by atoms with van der Waals surface area (Å²) < 4.78 is 27.9. The van der Waals surface area contributed by atoms with Gasteiger partial charge in [-0.05, 0) is 49.2 Å². The Labute approximate surface area is 216 Å². The van der Waals surface area contributed by atoms with E-state index in [0.29, 0.717) is 36.5 Å². The van der Waals surface area contributed by atoms with Gasteiger partial charge >= 0.3 is 5.97 Å². The van der Waals surface area contributed by atoms with E-state index in [1.807, 2.05) is 0 Å². The molecule has 37 heavy (non-hydrogen) atoms. The predicted molar refractivity (Wildman–Crippen MR) is 137 cm³/mol. The van der Waals surface area contributed by atoms with Gasteiger partial charge in [0.05, 0.1) is 17.0 Å². The maximum atomic E-state index is 13.1. The number of non-ortho nitro benzene ring substituents is 1. The molecule has 0 unspecified atom stereocenters. The fraction of sp³-hybridized carbons (Fsp3) is 0.250. The van der Waals surface area contributed by atoms with Crippen molar-refractivity contribution in [1.82, 2.24) is 9.62 Å². The van der Waals surface area contributed by atoms with Gasteiger partial charge in [-0.1, -0.05) is 12.1 Å². The number of carboxylic acid groups (broad SMARTS) is 1. The standard InChI is InChI=1S/C24H24N4O7S2/c29-23(16-3-2-6-20(14-16)28(32)33)25-15-21-7-8-22(36-21)37(34,35)27-11-9-18(10-12-27)26-19-5-1-4-17(13-19)24(30)31/h1-8,13-14,18,26H,9-12,15H2,(H,25,29)(H,30,31). The van der Waals surface area contributed by atoms with Crippen LogP contribution < -0.4 is 10.6 Å². The van der Waals surface area contributed by atoms with Gasteiger partial charge in [0.2, 0.25) is 0 Å². The minimum Gasteiger partial charge on any atom is -0.478 e. The van der Waals surface area contributed by atoms with E-state index < -0.39 is 26.8 Å². The third-order valence-corrected chi connectivity index (χ3v) is 9.36. The monoisotopic (exact) mass is 544 g/mol. The van der Waals surface area contributed by atoms with Gasteiger partial charge in [-0.3, -0.25) is 14.9 Å². The van der Waals surface area contributed by atoms with Crippen LogP contribution >= 0.6 is 11.3 Å². The Hall–Kier alpha value is -3.81. The van der Waals surface area contributed by atoms with Crippen LogP contribution in [-0.4, -0.2) is 53.8 Å². The van der Waals surface area contributed by atoms with Crippen molar-refractivity contribution in [3.63, 3.8) is 0 Å². The largest absolute Gasteiger partial charge is 0.478 e. The second-order valence-corrected chi connectivity index (χ2v) is 11.8. The van der Waals surface area contributed by atoms with E-state index in [1.54, 1.807) is 24.3 Å². The summed E-state index contributed by atoms with van der Waals surface area (Å²) >= 11 is 1.06. The van der Waals surface area contributed by atoms with Gasteiger partial charge in [-0.2, -0.15) is 4.31 Å². The summed E-state index contributed by atoms with van der Waals surface area (Å²) in [6.45, 7) is 0.716. The van der Waals surface area contributed by atoms with E-state index >= 15 is 0 Å². The molecule has 0 bridgehead atoms. The Morgan fingerprint density at radius 3 is 2.46 bits per heavy atom. The van der Waals surface area contributed by atoms with Crippen LogP contribution in [0.5, 0.6) is 0 Å². The van der Waals surface area contributed by atoms with Crippen molar-refractivity contribution in [2.75, 3.05) is 18.4 Å². The van der Waals surface area contributed by atoms with E-state index in [0.717, 1.165) is 11.3 Å². The van der Waals surface area contributed by atoms with Crippen molar-refractivity contribution in [2.45, 2.75) is 29.6 Å². The van der Waals surface area contributed by atoms with E-state index in [-0.39, 0.29) is 33.6 Å². The van der Waals surface area contributed by atoms with E-state index in [4.69, 9.17) is 5.11 Å². The molecule has 1 aliphatic heterocycles. The van der Waals surface area contributed by atoms with Crippen molar-refractivity contribution in [3.8, 4) is 0 Å².